The average Bonchev–Trinajstić information content (AvgIpc) is 2.57. The van der Waals surface area contributed by atoms with Gasteiger partial charge in [0, 0.05) is 37.4 Å². The van der Waals surface area contributed by atoms with Gasteiger partial charge in [-0.3, -0.25) is 19.3 Å². The first kappa shape index (κ1) is 13.1. The van der Waals surface area contributed by atoms with Gasteiger partial charge in [-0.15, -0.1) is 11.7 Å². The van der Waals surface area contributed by atoms with Crippen LogP contribution in [0, 0.1) is 0 Å². The number of nitrogens with one attached hydrogen (secondary N) is 1. The number of rotatable bonds is 6. The van der Waals surface area contributed by atoms with Gasteiger partial charge in [0.05, 0.1) is 0 Å². The molecule has 1 aliphatic heterocycles. The van der Waals surface area contributed by atoms with E-state index in [1.165, 1.54) is 22.9 Å². The molecule has 0 atom stereocenters. The predicted octanol–water partition coefficient (Wildman–Crippen LogP) is -0.00430. The standard InChI is InChI=1S/C9H12N2O3S2/c12-7(10-4-6-16-15)3-5-11-8(13)1-2-9(11)14/h1-2,15H,3-6H2,(H,10,12). The molecule has 5 nitrogen and oxygen atoms in total. The van der Waals surface area contributed by atoms with Gasteiger partial charge in [0.15, 0.2) is 0 Å². The molecule has 0 unspecified atom stereocenters. The maximum Gasteiger partial charge on any atom is 0.253 e. The zero-order valence-corrected chi connectivity index (χ0v) is 10.2. The van der Waals surface area contributed by atoms with Crippen molar-refractivity contribution in [1.82, 2.24) is 10.2 Å². The SMILES string of the molecule is O=C(CCN1C(=O)C=CC1=O)NCCSS. The Kier molecular flexibility index (Phi) is 5.41. The van der Waals surface area contributed by atoms with Crippen molar-refractivity contribution < 1.29 is 14.4 Å². The van der Waals surface area contributed by atoms with Crippen LogP contribution in [0.25, 0.3) is 0 Å². The molecule has 1 aliphatic rings. The molecule has 0 aromatic rings. The molecule has 1 heterocycles. The highest BCUT2D eigenvalue weighted by Gasteiger charge is 2.23. The molecular formula is C9H12N2O3S2. The molecule has 0 radical (unpaired) electrons. The summed E-state index contributed by atoms with van der Waals surface area (Å²) in [5.74, 6) is -0.167. The van der Waals surface area contributed by atoms with E-state index in [0.717, 1.165) is 10.7 Å². The summed E-state index contributed by atoms with van der Waals surface area (Å²) in [6, 6.07) is 0. The average molecular weight is 260 g/mol. The zero-order chi connectivity index (χ0) is 12.0. The second-order valence-corrected chi connectivity index (χ2v) is 4.54. The van der Waals surface area contributed by atoms with Crippen LogP contribution in [0.2, 0.25) is 0 Å². The number of hydrogen-bond acceptors (Lipinski definition) is 5. The second kappa shape index (κ2) is 6.59. The number of nitrogens with zero attached hydrogens (tertiary/aromatic N) is 1. The van der Waals surface area contributed by atoms with Crippen molar-refractivity contribution in [3.63, 3.8) is 0 Å². The van der Waals surface area contributed by atoms with Crippen LogP contribution in [0.4, 0.5) is 0 Å². The molecular weight excluding hydrogens is 248 g/mol. The van der Waals surface area contributed by atoms with E-state index < -0.39 is 0 Å². The minimum Gasteiger partial charge on any atom is -0.355 e. The Morgan fingerprint density at radius 1 is 1.38 bits per heavy atom. The van der Waals surface area contributed by atoms with Crippen LogP contribution in [-0.4, -0.2) is 41.5 Å². The van der Waals surface area contributed by atoms with Gasteiger partial charge < -0.3 is 5.32 Å². The highest BCUT2D eigenvalue weighted by molar-refractivity contribution is 8.68. The van der Waals surface area contributed by atoms with E-state index in [1.807, 2.05) is 0 Å². The molecule has 0 aromatic carbocycles. The van der Waals surface area contributed by atoms with E-state index in [0.29, 0.717) is 6.54 Å². The van der Waals surface area contributed by atoms with E-state index in [9.17, 15) is 14.4 Å². The monoisotopic (exact) mass is 260 g/mol. The van der Waals surface area contributed by atoms with Crippen molar-refractivity contribution >= 4 is 40.2 Å². The third-order valence-electron chi connectivity index (χ3n) is 1.98. The van der Waals surface area contributed by atoms with E-state index in [4.69, 9.17) is 0 Å². The van der Waals surface area contributed by atoms with E-state index in [1.54, 1.807) is 0 Å². The number of thiol groups is 1. The molecule has 16 heavy (non-hydrogen) atoms. The Morgan fingerprint density at radius 2 is 2.00 bits per heavy atom. The van der Waals surface area contributed by atoms with Crippen molar-refractivity contribution in [3.8, 4) is 0 Å². The fraction of sp³-hybridized carbons (Fsp3) is 0.444. The lowest BCUT2D eigenvalue weighted by Gasteiger charge is -2.12. The summed E-state index contributed by atoms with van der Waals surface area (Å²) >= 11 is 3.93. The van der Waals surface area contributed by atoms with Crippen molar-refractivity contribution in [2.24, 2.45) is 0 Å². The van der Waals surface area contributed by atoms with Gasteiger partial charge >= 0.3 is 0 Å². The van der Waals surface area contributed by atoms with Crippen molar-refractivity contribution in [3.05, 3.63) is 12.2 Å². The highest BCUT2D eigenvalue weighted by Crippen LogP contribution is 2.04. The van der Waals surface area contributed by atoms with Crippen molar-refractivity contribution in [2.45, 2.75) is 6.42 Å². The first-order chi connectivity index (χ1) is 7.65. The molecule has 1 N–H and O–H groups in total. The molecule has 1 rings (SSSR count). The highest BCUT2D eigenvalue weighted by atomic mass is 33.1. The fourth-order valence-corrected chi connectivity index (χ4v) is 1.66. The smallest absolute Gasteiger partial charge is 0.253 e. The number of carbonyl (C=O) groups is 3. The van der Waals surface area contributed by atoms with E-state index in [2.05, 4.69) is 17.0 Å². The summed E-state index contributed by atoms with van der Waals surface area (Å²) in [5.41, 5.74) is 0. The molecule has 0 fully saturated rings. The topological polar surface area (TPSA) is 66.5 Å². The lowest BCUT2D eigenvalue weighted by Crippen LogP contribution is -2.35. The summed E-state index contributed by atoms with van der Waals surface area (Å²) in [6.45, 7) is 0.664. The summed E-state index contributed by atoms with van der Waals surface area (Å²) < 4.78 is 0. The van der Waals surface area contributed by atoms with Crippen LogP contribution in [0.5, 0.6) is 0 Å². The Labute approximate surface area is 102 Å². The molecule has 0 saturated heterocycles. The quantitative estimate of drug-likeness (QED) is 0.305. The van der Waals surface area contributed by atoms with Gasteiger partial charge in [-0.25, -0.2) is 0 Å². The maximum absolute atomic E-state index is 11.3. The van der Waals surface area contributed by atoms with E-state index in [-0.39, 0.29) is 30.7 Å². The molecule has 0 aliphatic carbocycles. The lowest BCUT2D eigenvalue weighted by atomic mass is 10.3. The molecule has 0 aromatic heterocycles. The van der Waals surface area contributed by atoms with Gasteiger partial charge in [0.1, 0.15) is 0 Å². The predicted molar refractivity (Wildman–Crippen MR) is 64.9 cm³/mol. The number of imide groups is 1. The largest absolute Gasteiger partial charge is 0.355 e. The van der Waals surface area contributed by atoms with Crippen LogP contribution in [-0.2, 0) is 14.4 Å². The van der Waals surface area contributed by atoms with E-state index >= 15 is 0 Å². The Balaban J connectivity index is 2.22. The van der Waals surface area contributed by atoms with Gasteiger partial charge in [0.2, 0.25) is 5.91 Å². The number of carbonyl (C=O) groups excluding carboxylic acids is 3. The van der Waals surface area contributed by atoms with Gasteiger partial charge in [0.25, 0.3) is 11.8 Å². The zero-order valence-electron chi connectivity index (χ0n) is 8.51. The molecule has 0 spiro atoms. The molecule has 88 valence electrons. The molecule has 0 bridgehead atoms. The first-order valence-corrected chi connectivity index (χ1v) is 6.75. The first-order valence-electron chi connectivity index (χ1n) is 4.71. The van der Waals surface area contributed by atoms with Gasteiger partial charge in [-0.05, 0) is 0 Å². The Morgan fingerprint density at radius 3 is 2.56 bits per heavy atom. The minimum absolute atomic E-state index is 0.129. The van der Waals surface area contributed by atoms with Crippen LogP contribution in [0.3, 0.4) is 0 Å². The van der Waals surface area contributed by atoms with Crippen molar-refractivity contribution in [1.29, 1.82) is 0 Å². The summed E-state index contributed by atoms with van der Waals surface area (Å²) in [7, 11) is 1.34. The van der Waals surface area contributed by atoms with Crippen LogP contribution in [0.1, 0.15) is 6.42 Å². The van der Waals surface area contributed by atoms with Crippen LogP contribution < -0.4 is 5.32 Å². The maximum atomic E-state index is 11.3. The normalized spacial score (nSPS) is 14.7. The second-order valence-electron chi connectivity index (χ2n) is 3.09. The third-order valence-corrected chi connectivity index (χ3v) is 2.91. The third kappa shape index (κ3) is 3.90. The molecule has 0 saturated carbocycles. The summed E-state index contributed by atoms with van der Waals surface area (Å²) in [5, 5.41) is 2.66. The number of amides is 3. The summed E-state index contributed by atoms with van der Waals surface area (Å²) in [6.07, 6.45) is 2.55. The van der Waals surface area contributed by atoms with Gasteiger partial charge in [-0.1, -0.05) is 10.8 Å². The molecule has 3 amide bonds. The summed E-state index contributed by atoms with van der Waals surface area (Å²) in [4.78, 5) is 34.6. The van der Waals surface area contributed by atoms with Gasteiger partial charge in [-0.2, -0.15) is 0 Å². The number of hydrogen-bond donors (Lipinski definition) is 2. The lowest BCUT2D eigenvalue weighted by molar-refractivity contribution is -0.137. The fourth-order valence-electron chi connectivity index (χ4n) is 1.19. The van der Waals surface area contributed by atoms with Crippen LogP contribution >= 0.6 is 22.5 Å². The Bertz CT molecular complexity index is 313. The minimum atomic E-state index is -0.358. The van der Waals surface area contributed by atoms with Crippen molar-refractivity contribution in [2.75, 3.05) is 18.8 Å². The van der Waals surface area contributed by atoms with Crippen LogP contribution in [0.15, 0.2) is 12.2 Å². The molecule has 7 heteroatoms. The Hall–Kier alpha value is -0.950.